The third kappa shape index (κ3) is 1.88. The number of benzene rings is 1. The highest BCUT2D eigenvalue weighted by molar-refractivity contribution is 9.10. The van der Waals surface area contributed by atoms with Crippen LogP contribution in [0.2, 0.25) is 0 Å². The summed E-state index contributed by atoms with van der Waals surface area (Å²) in [7, 11) is 2.01. The molecule has 1 aliphatic carbocycles. The molecule has 0 spiro atoms. The van der Waals surface area contributed by atoms with Gasteiger partial charge in [-0.25, -0.2) is 0 Å². The van der Waals surface area contributed by atoms with E-state index in [0.717, 1.165) is 10.9 Å². The molecule has 80 valence electrons. The lowest BCUT2D eigenvalue weighted by atomic mass is 9.90. The van der Waals surface area contributed by atoms with Crippen molar-refractivity contribution >= 4 is 21.5 Å². The fourth-order valence-corrected chi connectivity index (χ4v) is 2.39. The number of hydrogen-bond acceptors (Lipinski definition) is 1. The van der Waals surface area contributed by atoms with Crippen molar-refractivity contribution in [1.29, 1.82) is 0 Å². The van der Waals surface area contributed by atoms with Crippen LogP contribution >= 0.6 is 15.9 Å². The molecule has 0 atom stereocenters. The molecule has 1 aromatic rings. The van der Waals surface area contributed by atoms with Crippen molar-refractivity contribution in [2.45, 2.75) is 25.8 Å². The quantitative estimate of drug-likeness (QED) is 0.865. The summed E-state index contributed by atoms with van der Waals surface area (Å²) in [6.07, 6.45) is 3.39. The van der Waals surface area contributed by atoms with Gasteiger partial charge in [0.2, 0.25) is 0 Å². The summed E-state index contributed by atoms with van der Waals surface area (Å²) >= 11 is 3.53. The molecule has 2 rings (SSSR count). The van der Waals surface area contributed by atoms with E-state index in [-0.39, 0.29) is 5.54 Å². The number of allylic oxidation sites excluding steroid dienone is 1. The summed E-state index contributed by atoms with van der Waals surface area (Å²) in [6.45, 7) is 4.43. The van der Waals surface area contributed by atoms with E-state index < -0.39 is 0 Å². The standard InChI is InChI=1S/C13H16BrN/c1-13(2,15-3)12-7-5-9-4-6-10(14)8-11(9)12/h4,6-8,15H,5H2,1-3H3. The summed E-state index contributed by atoms with van der Waals surface area (Å²) < 4.78 is 1.15. The zero-order valence-corrected chi connectivity index (χ0v) is 11.0. The lowest BCUT2D eigenvalue weighted by Gasteiger charge is -2.27. The molecular formula is C13H16BrN. The van der Waals surface area contributed by atoms with Gasteiger partial charge in [-0.3, -0.25) is 0 Å². The molecule has 0 saturated heterocycles. The first kappa shape index (κ1) is 10.9. The van der Waals surface area contributed by atoms with Crippen LogP contribution in [0.1, 0.15) is 25.0 Å². The van der Waals surface area contributed by atoms with E-state index in [1.165, 1.54) is 16.7 Å². The first-order valence-corrected chi connectivity index (χ1v) is 6.02. The molecule has 2 heteroatoms. The highest BCUT2D eigenvalue weighted by atomic mass is 79.9. The molecule has 0 heterocycles. The predicted octanol–water partition coefficient (Wildman–Crippen LogP) is 3.39. The maximum atomic E-state index is 3.53. The number of hydrogen-bond donors (Lipinski definition) is 1. The molecule has 1 N–H and O–H groups in total. The van der Waals surface area contributed by atoms with Crippen LogP contribution in [0, 0.1) is 0 Å². The lowest BCUT2D eigenvalue weighted by molar-refractivity contribution is 0.546. The summed E-state index contributed by atoms with van der Waals surface area (Å²) in [6, 6.07) is 6.53. The topological polar surface area (TPSA) is 12.0 Å². The minimum atomic E-state index is 0.0477. The molecule has 0 radical (unpaired) electrons. The molecular weight excluding hydrogens is 250 g/mol. The monoisotopic (exact) mass is 265 g/mol. The van der Waals surface area contributed by atoms with Crippen LogP contribution in [0.15, 0.2) is 28.7 Å². The second-order valence-electron chi connectivity index (χ2n) is 4.50. The fraction of sp³-hybridized carbons (Fsp3) is 0.385. The highest BCUT2D eigenvalue weighted by Crippen LogP contribution is 2.36. The molecule has 0 amide bonds. The first-order chi connectivity index (χ1) is 7.04. The number of halogens is 1. The number of nitrogens with one attached hydrogen (secondary N) is 1. The summed E-state index contributed by atoms with van der Waals surface area (Å²) in [5, 5.41) is 3.36. The zero-order chi connectivity index (χ0) is 11.1. The van der Waals surface area contributed by atoms with E-state index in [9.17, 15) is 0 Å². The van der Waals surface area contributed by atoms with Crippen molar-refractivity contribution in [2.24, 2.45) is 0 Å². The Labute approximate surface area is 99.7 Å². The van der Waals surface area contributed by atoms with Gasteiger partial charge in [-0.2, -0.15) is 0 Å². The third-order valence-corrected chi connectivity index (χ3v) is 3.68. The van der Waals surface area contributed by atoms with E-state index >= 15 is 0 Å². The molecule has 0 aromatic heterocycles. The molecule has 0 unspecified atom stereocenters. The van der Waals surface area contributed by atoms with Crippen LogP contribution in [-0.4, -0.2) is 12.6 Å². The molecule has 1 nitrogen and oxygen atoms in total. The minimum Gasteiger partial charge on any atom is -0.311 e. The van der Waals surface area contributed by atoms with Crippen molar-refractivity contribution in [3.8, 4) is 0 Å². The van der Waals surface area contributed by atoms with Crippen molar-refractivity contribution in [3.05, 3.63) is 39.9 Å². The van der Waals surface area contributed by atoms with Gasteiger partial charge >= 0.3 is 0 Å². The Bertz CT molecular complexity index is 419. The summed E-state index contributed by atoms with van der Waals surface area (Å²) in [5.74, 6) is 0. The predicted molar refractivity (Wildman–Crippen MR) is 69.0 cm³/mol. The van der Waals surface area contributed by atoms with Crippen LogP contribution in [0.4, 0.5) is 0 Å². The van der Waals surface area contributed by atoms with Gasteiger partial charge in [0.25, 0.3) is 0 Å². The minimum absolute atomic E-state index is 0.0477. The van der Waals surface area contributed by atoms with Gasteiger partial charge in [0.15, 0.2) is 0 Å². The molecule has 0 saturated carbocycles. The van der Waals surface area contributed by atoms with Crippen molar-refractivity contribution in [3.63, 3.8) is 0 Å². The first-order valence-electron chi connectivity index (χ1n) is 5.23. The lowest BCUT2D eigenvalue weighted by Crippen LogP contribution is -2.37. The van der Waals surface area contributed by atoms with Gasteiger partial charge in [-0.05, 0) is 56.1 Å². The largest absolute Gasteiger partial charge is 0.311 e. The highest BCUT2D eigenvalue weighted by Gasteiger charge is 2.26. The average Bonchev–Trinajstić information content (AvgIpc) is 2.61. The van der Waals surface area contributed by atoms with Crippen molar-refractivity contribution in [1.82, 2.24) is 5.32 Å². The van der Waals surface area contributed by atoms with Gasteiger partial charge < -0.3 is 5.32 Å². The Hall–Kier alpha value is -0.600. The Morgan fingerprint density at radius 1 is 1.33 bits per heavy atom. The van der Waals surface area contributed by atoms with E-state index in [2.05, 4.69) is 59.4 Å². The summed E-state index contributed by atoms with van der Waals surface area (Å²) in [4.78, 5) is 0. The number of likely N-dealkylation sites (N-methyl/N-ethyl adjacent to an activating group) is 1. The third-order valence-electron chi connectivity index (χ3n) is 3.19. The van der Waals surface area contributed by atoms with Crippen LogP contribution in [0.25, 0.3) is 5.57 Å². The fourth-order valence-electron chi connectivity index (χ4n) is 2.03. The summed E-state index contributed by atoms with van der Waals surface area (Å²) in [5.41, 5.74) is 4.26. The van der Waals surface area contributed by atoms with E-state index in [4.69, 9.17) is 0 Å². The Morgan fingerprint density at radius 3 is 2.73 bits per heavy atom. The average molecular weight is 266 g/mol. The second kappa shape index (κ2) is 3.76. The Balaban J connectivity index is 2.46. The van der Waals surface area contributed by atoms with Gasteiger partial charge in [-0.15, -0.1) is 0 Å². The molecule has 15 heavy (non-hydrogen) atoms. The van der Waals surface area contributed by atoms with Crippen LogP contribution in [-0.2, 0) is 6.42 Å². The van der Waals surface area contributed by atoms with E-state index in [0.29, 0.717) is 0 Å². The van der Waals surface area contributed by atoms with Crippen molar-refractivity contribution in [2.75, 3.05) is 7.05 Å². The molecule has 0 bridgehead atoms. The normalized spacial score (nSPS) is 15.1. The van der Waals surface area contributed by atoms with E-state index in [1.54, 1.807) is 0 Å². The van der Waals surface area contributed by atoms with E-state index in [1.807, 2.05) is 7.05 Å². The number of rotatable bonds is 2. The van der Waals surface area contributed by atoms with Gasteiger partial charge in [-0.1, -0.05) is 28.1 Å². The maximum absolute atomic E-state index is 3.53. The number of fused-ring (bicyclic) bond motifs is 1. The SMILES string of the molecule is CNC(C)(C)C1=CCc2ccc(Br)cc21. The van der Waals surface area contributed by atoms with Gasteiger partial charge in [0, 0.05) is 10.0 Å². The molecule has 0 aliphatic heterocycles. The van der Waals surface area contributed by atoms with Crippen LogP contribution in [0.5, 0.6) is 0 Å². The maximum Gasteiger partial charge on any atom is 0.0378 e. The molecule has 1 aromatic carbocycles. The Kier molecular flexibility index (Phi) is 2.73. The molecule has 0 fully saturated rings. The van der Waals surface area contributed by atoms with Gasteiger partial charge in [0.1, 0.15) is 0 Å². The Morgan fingerprint density at radius 2 is 2.07 bits per heavy atom. The van der Waals surface area contributed by atoms with Crippen molar-refractivity contribution < 1.29 is 0 Å². The van der Waals surface area contributed by atoms with Gasteiger partial charge in [0.05, 0.1) is 0 Å². The van der Waals surface area contributed by atoms with Crippen LogP contribution in [0.3, 0.4) is 0 Å². The zero-order valence-electron chi connectivity index (χ0n) is 9.39. The van der Waals surface area contributed by atoms with Crippen LogP contribution < -0.4 is 5.32 Å². The molecule has 1 aliphatic rings. The smallest absolute Gasteiger partial charge is 0.0378 e. The second-order valence-corrected chi connectivity index (χ2v) is 5.41.